The molecule has 0 unspecified atom stereocenters. The van der Waals surface area contributed by atoms with E-state index in [2.05, 4.69) is 25.3 Å². The van der Waals surface area contributed by atoms with Crippen LogP contribution in [0.25, 0.3) is 10.8 Å². The largest absolute Gasteiger partial charge is 0.481 e. The summed E-state index contributed by atoms with van der Waals surface area (Å²) in [5, 5.41) is 5.40. The molecule has 0 aromatic carbocycles. The first-order valence-corrected chi connectivity index (χ1v) is 7.64. The summed E-state index contributed by atoms with van der Waals surface area (Å²) in [6.45, 7) is 0.328. The molecule has 1 N–H and O–H groups in total. The second-order valence-corrected chi connectivity index (χ2v) is 5.35. The van der Waals surface area contributed by atoms with Crippen molar-refractivity contribution in [2.75, 3.05) is 7.11 Å². The number of hydrogen-bond acceptors (Lipinski definition) is 7. The molecule has 23 heavy (non-hydrogen) atoms. The van der Waals surface area contributed by atoms with Crippen molar-refractivity contribution >= 4 is 17.2 Å². The van der Waals surface area contributed by atoms with Crippen LogP contribution in [0.2, 0.25) is 0 Å². The van der Waals surface area contributed by atoms with Crippen molar-refractivity contribution < 1.29 is 9.53 Å². The van der Waals surface area contributed by atoms with Crippen LogP contribution in [0, 0.1) is 0 Å². The van der Waals surface area contributed by atoms with Gasteiger partial charge in [0.15, 0.2) is 10.8 Å². The minimum absolute atomic E-state index is 0.217. The predicted octanol–water partition coefficient (Wildman–Crippen LogP) is 1.93. The summed E-state index contributed by atoms with van der Waals surface area (Å²) in [5.41, 5.74) is 1.22. The summed E-state index contributed by atoms with van der Waals surface area (Å²) in [6, 6.07) is 5.05. The van der Waals surface area contributed by atoms with Gasteiger partial charge in [-0.25, -0.2) is 19.9 Å². The lowest BCUT2D eigenvalue weighted by Gasteiger charge is -2.04. The Bertz CT molecular complexity index is 789. The van der Waals surface area contributed by atoms with Gasteiger partial charge in [0.1, 0.15) is 0 Å². The number of carbonyl (C=O) groups is 1. The van der Waals surface area contributed by atoms with E-state index in [1.165, 1.54) is 24.6 Å². The SMILES string of the molecule is COc1ccc(C(=O)NCc2csc(-c3ncccn3)n2)cn1. The Morgan fingerprint density at radius 3 is 2.78 bits per heavy atom. The number of ether oxygens (including phenoxy) is 1. The number of pyridine rings is 1. The Balaban J connectivity index is 1.62. The number of thiazole rings is 1. The molecule has 3 rings (SSSR count). The molecule has 0 atom stereocenters. The zero-order valence-electron chi connectivity index (χ0n) is 12.3. The zero-order valence-corrected chi connectivity index (χ0v) is 13.1. The molecule has 116 valence electrons. The summed E-state index contributed by atoms with van der Waals surface area (Å²) in [5.74, 6) is 0.827. The fraction of sp³-hybridized carbons (Fsp3) is 0.133. The molecular formula is C15H13N5O2S. The topological polar surface area (TPSA) is 89.9 Å². The lowest BCUT2D eigenvalue weighted by Crippen LogP contribution is -2.23. The van der Waals surface area contributed by atoms with Crippen LogP contribution < -0.4 is 10.1 Å². The summed E-state index contributed by atoms with van der Waals surface area (Å²) in [6.07, 6.45) is 4.81. The first kappa shape index (κ1) is 15.0. The Hall–Kier alpha value is -2.87. The van der Waals surface area contributed by atoms with Gasteiger partial charge in [-0.3, -0.25) is 4.79 Å². The first-order valence-electron chi connectivity index (χ1n) is 6.76. The maximum absolute atomic E-state index is 12.1. The minimum atomic E-state index is -0.217. The highest BCUT2D eigenvalue weighted by atomic mass is 32.1. The number of rotatable bonds is 5. The highest BCUT2D eigenvalue weighted by Gasteiger charge is 2.10. The smallest absolute Gasteiger partial charge is 0.253 e. The second-order valence-electron chi connectivity index (χ2n) is 4.49. The van der Waals surface area contributed by atoms with Crippen LogP contribution >= 0.6 is 11.3 Å². The van der Waals surface area contributed by atoms with Crippen molar-refractivity contribution in [1.82, 2.24) is 25.3 Å². The number of hydrogen-bond donors (Lipinski definition) is 1. The predicted molar refractivity (Wildman–Crippen MR) is 85.1 cm³/mol. The van der Waals surface area contributed by atoms with E-state index in [4.69, 9.17) is 4.74 Å². The molecule has 0 aliphatic rings. The molecule has 0 fully saturated rings. The van der Waals surface area contributed by atoms with Crippen molar-refractivity contribution in [3.05, 3.63) is 53.4 Å². The van der Waals surface area contributed by atoms with Crippen molar-refractivity contribution in [1.29, 1.82) is 0 Å². The number of aromatic nitrogens is 4. The molecule has 0 bridgehead atoms. The van der Waals surface area contributed by atoms with Gasteiger partial charge in [-0.05, 0) is 12.1 Å². The summed E-state index contributed by atoms with van der Waals surface area (Å²) in [4.78, 5) is 28.8. The number of nitrogens with one attached hydrogen (secondary N) is 1. The average Bonchev–Trinajstić information content (AvgIpc) is 3.09. The maximum Gasteiger partial charge on any atom is 0.253 e. The van der Waals surface area contributed by atoms with E-state index in [-0.39, 0.29) is 5.91 Å². The molecule has 0 spiro atoms. The third-order valence-electron chi connectivity index (χ3n) is 2.95. The van der Waals surface area contributed by atoms with E-state index in [1.807, 2.05) is 5.38 Å². The average molecular weight is 327 g/mol. The van der Waals surface area contributed by atoms with Gasteiger partial charge in [-0.15, -0.1) is 11.3 Å². The molecule has 0 radical (unpaired) electrons. The van der Waals surface area contributed by atoms with Gasteiger partial charge >= 0.3 is 0 Å². The van der Waals surface area contributed by atoms with Gasteiger partial charge in [0, 0.05) is 30.0 Å². The van der Waals surface area contributed by atoms with Crippen molar-refractivity contribution in [2.24, 2.45) is 0 Å². The maximum atomic E-state index is 12.1. The van der Waals surface area contributed by atoms with Gasteiger partial charge in [0.2, 0.25) is 5.88 Å². The highest BCUT2D eigenvalue weighted by molar-refractivity contribution is 7.13. The van der Waals surface area contributed by atoms with E-state index >= 15 is 0 Å². The molecule has 0 saturated carbocycles. The van der Waals surface area contributed by atoms with Crippen LogP contribution in [0.15, 0.2) is 42.2 Å². The van der Waals surface area contributed by atoms with E-state index in [0.717, 1.165) is 10.7 Å². The molecular weight excluding hydrogens is 314 g/mol. The van der Waals surface area contributed by atoms with Crippen LogP contribution in [0.3, 0.4) is 0 Å². The van der Waals surface area contributed by atoms with Gasteiger partial charge in [-0.2, -0.15) is 0 Å². The van der Waals surface area contributed by atoms with Crippen LogP contribution in [0.1, 0.15) is 16.1 Å². The molecule has 3 heterocycles. The highest BCUT2D eigenvalue weighted by Crippen LogP contribution is 2.19. The Morgan fingerprint density at radius 2 is 2.09 bits per heavy atom. The molecule has 3 aromatic heterocycles. The Kier molecular flexibility index (Phi) is 4.53. The molecule has 0 aliphatic carbocycles. The zero-order chi connectivity index (χ0) is 16.1. The van der Waals surface area contributed by atoms with Gasteiger partial charge in [0.05, 0.1) is 24.9 Å². The first-order chi connectivity index (χ1) is 11.3. The summed E-state index contributed by atoms with van der Waals surface area (Å²) < 4.78 is 4.96. The molecule has 7 nitrogen and oxygen atoms in total. The Morgan fingerprint density at radius 1 is 1.26 bits per heavy atom. The fourth-order valence-electron chi connectivity index (χ4n) is 1.81. The molecule has 0 saturated heterocycles. The van der Waals surface area contributed by atoms with E-state index in [1.54, 1.807) is 30.6 Å². The number of nitrogens with zero attached hydrogens (tertiary/aromatic N) is 4. The standard InChI is InChI=1S/C15H13N5O2S/c1-22-12-4-3-10(7-18-12)14(21)19-8-11-9-23-15(20-11)13-16-5-2-6-17-13/h2-7,9H,8H2,1H3,(H,19,21). The Labute approximate surface area is 136 Å². The number of methoxy groups -OCH3 is 1. The van der Waals surface area contributed by atoms with Crippen molar-refractivity contribution in [3.63, 3.8) is 0 Å². The van der Waals surface area contributed by atoms with Gasteiger partial charge in [0.25, 0.3) is 5.91 Å². The minimum Gasteiger partial charge on any atom is -0.481 e. The molecule has 8 heteroatoms. The molecule has 1 amide bonds. The van der Waals surface area contributed by atoms with Crippen molar-refractivity contribution in [2.45, 2.75) is 6.54 Å². The third-order valence-corrected chi connectivity index (χ3v) is 3.83. The van der Waals surface area contributed by atoms with Crippen LogP contribution in [-0.4, -0.2) is 33.0 Å². The summed E-state index contributed by atoms with van der Waals surface area (Å²) in [7, 11) is 1.53. The second kappa shape index (κ2) is 6.93. The monoisotopic (exact) mass is 327 g/mol. The van der Waals surface area contributed by atoms with Crippen LogP contribution in [0.5, 0.6) is 5.88 Å². The van der Waals surface area contributed by atoms with Crippen LogP contribution in [0.4, 0.5) is 0 Å². The molecule has 0 aliphatic heterocycles. The number of carbonyl (C=O) groups excluding carboxylic acids is 1. The van der Waals surface area contributed by atoms with Crippen LogP contribution in [-0.2, 0) is 6.54 Å². The number of amides is 1. The van der Waals surface area contributed by atoms with E-state index in [9.17, 15) is 4.79 Å². The normalized spacial score (nSPS) is 10.3. The lowest BCUT2D eigenvalue weighted by atomic mass is 10.2. The van der Waals surface area contributed by atoms with Gasteiger partial charge < -0.3 is 10.1 Å². The van der Waals surface area contributed by atoms with Crippen molar-refractivity contribution in [3.8, 4) is 16.7 Å². The molecule has 3 aromatic rings. The van der Waals surface area contributed by atoms with E-state index < -0.39 is 0 Å². The van der Waals surface area contributed by atoms with E-state index in [0.29, 0.717) is 23.8 Å². The summed E-state index contributed by atoms with van der Waals surface area (Å²) >= 11 is 1.44. The van der Waals surface area contributed by atoms with Gasteiger partial charge in [-0.1, -0.05) is 0 Å². The fourth-order valence-corrected chi connectivity index (χ4v) is 2.57. The third kappa shape index (κ3) is 3.67. The lowest BCUT2D eigenvalue weighted by molar-refractivity contribution is 0.0950. The quantitative estimate of drug-likeness (QED) is 0.770.